The van der Waals surface area contributed by atoms with Crippen LogP contribution in [0.15, 0.2) is 42.5 Å². The molecular formula is C27H35N5O3. The normalized spacial score (nSPS) is 20.0. The van der Waals surface area contributed by atoms with E-state index in [2.05, 4.69) is 37.5 Å². The Hall–Kier alpha value is -3.26. The average molecular weight is 478 g/mol. The van der Waals surface area contributed by atoms with E-state index in [9.17, 15) is 9.59 Å². The third-order valence-corrected chi connectivity index (χ3v) is 7.38. The molecule has 2 aromatic rings. The topological polar surface area (TPSA) is 77.1 Å². The molecule has 1 atom stereocenters. The first-order chi connectivity index (χ1) is 17.1. The van der Waals surface area contributed by atoms with Crippen LogP contribution in [0.3, 0.4) is 0 Å². The largest absolute Gasteiger partial charge is 0.497 e. The fraction of sp³-hybridized carbons (Fsp3) is 0.481. The number of rotatable bonds is 7. The third kappa shape index (κ3) is 5.22. The van der Waals surface area contributed by atoms with E-state index in [4.69, 9.17) is 4.74 Å². The maximum atomic E-state index is 12.7. The molecule has 3 heterocycles. The summed E-state index contributed by atoms with van der Waals surface area (Å²) in [5, 5.41) is 6.05. The van der Waals surface area contributed by atoms with E-state index in [0.29, 0.717) is 12.1 Å². The first-order valence-electron chi connectivity index (χ1n) is 12.7. The van der Waals surface area contributed by atoms with Crippen LogP contribution in [-0.4, -0.2) is 75.7 Å². The lowest BCUT2D eigenvalue weighted by atomic mass is 9.97. The van der Waals surface area contributed by atoms with Crippen LogP contribution in [0.1, 0.15) is 36.0 Å². The predicted molar refractivity (Wildman–Crippen MR) is 139 cm³/mol. The Balaban J connectivity index is 1.06. The van der Waals surface area contributed by atoms with Crippen molar-refractivity contribution in [1.29, 1.82) is 0 Å². The van der Waals surface area contributed by atoms with Crippen molar-refractivity contribution in [2.75, 3.05) is 68.0 Å². The molecule has 3 aliphatic rings. The van der Waals surface area contributed by atoms with E-state index in [0.717, 1.165) is 82.1 Å². The maximum Gasteiger partial charge on any atom is 0.251 e. The summed E-state index contributed by atoms with van der Waals surface area (Å²) < 4.78 is 5.25. The SMILES string of the molecule is COc1ccc(N2CCN(CCCNC(=O)c3ccc4c(c3)NC(=O)[C@H]3CCCCN43)CC2)cc1. The number of piperazine rings is 1. The van der Waals surface area contributed by atoms with Crippen LogP contribution < -0.4 is 25.2 Å². The van der Waals surface area contributed by atoms with Crippen molar-refractivity contribution in [3.8, 4) is 5.75 Å². The van der Waals surface area contributed by atoms with Crippen molar-refractivity contribution in [3.63, 3.8) is 0 Å². The van der Waals surface area contributed by atoms with E-state index < -0.39 is 0 Å². The lowest BCUT2D eigenvalue weighted by Gasteiger charge is -2.41. The van der Waals surface area contributed by atoms with E-state index in [-0.39, 0.29) is 17.9 Å². The molecule has 3 aliphatic heterocycles. The second-order valence-corrected chi connectivity index (χ2v) is 9.56. The Bertz CT molecular complexity index is 1050. The van der Waals surface area contributed by atoms with Gasteiger partial charge in [0, 0.05) is 50.5 Å². The molecule has 2 saturated heterocycles. The van der Waals surface area contributed by atoms with Crippen LogP contribution in [-0.2, 0) is 4.79 Å². The second kappa shape index (κ2) is 10.6. The van der Waals surface area contributed by atoms with Crippen molar-refractivity contribution in [2.45, 2.75) is 31.7 Å². The lowest BCUT2D eigenvalue weighted by molar-refractivity contribution is -0.118. The van der Waals surface area contributed by atoms with Crippen LogP contribution in [0.4, 0.5) is 17.1 Å². The summed E-state index contributed by atoms with van der Waals surface area (Å²) in [5.41, 5.74) is 3.59. The summed E-state index contributed by atoms with van der Waals surface area (Å²) in [6.07, 6.45) is 3.99. The van der Waals surface area contributed by atoms with Gasteiger partial charge in [-0.15, -0.1) is 0 Å². The quantitative estimate of drug-likeness (QED) is 0.597. The number of methoxy groups -OCH3 is 1. The average Bonchev–Trinajstić information content (AvgIpc) is 2.91. The third-order valence-electron chi connectivity index (χ3n) is 7.38. The molecule has 5 rings (SSSR count). The Morgan fingerprint density at radius 1 is 1.06 bits per heavy atom. The number of anilines is 3. The van der Waals surface area contributed by atoms with Gasteiger partial charge in [-0.05, 0) is 74.7 Å². The number of carbonyl (C=O) groups is 2. The van der Waals surface area contributed by atoms with Gasteiger partial charge in [0.15, 0.2) is 0 Å². The number of hydrogen-bond donors (Lipinski definition) is 2. The molecule has 0 radical (unpaired) electrons. The minimum atomic E-state index is -0.0906. The van der Waals surface area contributed by atoms with Gasteiger partial charge in [-0.1, -0.05) is 0 Å². The standard InChI is InChI=1S/C27H35N5O3/c1-35-22-9-7-21(8-10-22)31-17-15-30(16-18-31)13-4-12-28-26(33)20-6-11-24-23(19-20)29-27(34)25-5-2-3-14-32(24)25/h6-11,19,25H,2-5,12-18H2,1H3,(H,28,33)(H,29,34)/t25-/m1/s1. The number of piperidine rings is 1. The maximum absolute atomic E-state index is 12.7. The van der Waals surface area contributed by atoms with Gasteiger partial charge >= 0.3 is 0 Å². The smallest absolute Gasteiger partial charge is 0.251 e. The Kier molecular flexibility index (Phi) is 7.08. The molecule has 2 amide bonds. The highest BCUT2D eigenvalue weighted by atomic mass is 16.5. The van der Waals surface area contributed by atoms with Crippen molar-refractivity contribution in [1.82, 2.24) is 10.2 Å². The molecule has 0 spiro atoms. The summed E-state index contributed by atoms with van der Waals surface area (Å²) >= 11 is 0. The van der Waals surface area contributed by atoms with Crippen LogP contribution in [0.2, 0.25) is 0 Å². The molecule has 8 heteroatoms. The highest BCUT2D eigenvalue weighted by Gasteiger charge is 2.34. The summed E-state index contributed by atoms with van der Waals surface area (Å²) in [7, 11) is 1.69. The Morgan fingerprint density at radius 3 is 2.63 bits per heavy atom. The van der Waals surface area contributed by atoms with Gasteiger partial charge in [0.25, 0.3) is 5.91 Å². The van der Waals surface area contributed by atoms with E-state index in [1.54, 1.807) is 7.11 Å². The number of ether oxygens (including phenoxy) is 1. The summed E-state index contributed by atoms with van der Waals surface area (Å²) in [6.45, 7) is 6.52. The van der Waals surface area contributed by atoms with Crippen LogP contribution in [0, 0.1) is 0 Å². The summed E-state index contributed by atoms with van der Waals surface area (Å²) in [5.74, 6) is 0.833. The highest BCUT2D eigenvalue weighted by Crippen LogP contribution is 2.36. The van der Waals surface area contributed by atoms with E-state index >= 15 is 0 Å². The minimum absolute atomic E-state index is 0.0434. The first-order valence-corrected chi connectivity index (χ1v) is 12.7. The fourth-order valence-corrected chi connectivity index (χ4v) is 5.37. The molecule has 0 aliphatic carbocycles. The molecule has 0 saturated carbocycles. The molecule has 8 nitrogen and oxygen atoms in total. The second-order valence-electron chi connectivity index (χ2n) is 9.56. The fourth-order valence-electron chi connectivity index (χ4n) is 5.37. The number of nitrogens with zero attached hydrogens (tertiary/aromatic N) is 3. The monoisotopic (exact) mass is 477 g/mol. The number of nitrogens with one attached hydrogen (secondary N) is 2. The molecule has 2 aromatic carbocycles. The van der Waals surface area contributed by atoms with Gasteiger partial charge in [0.1, 0.15) is 11.8 Å². The number of carbonyl (C=O) groups excluding carboxylic acids is 2. The Labute approximate surface area is 207 Å². The number of benzene rings is 2. The molecular weight excluding hydrogens is 442 g/mol. The molecule has 0 aromatic heterocycles. The summed E-state index contributed by atoms with van der Waals surface area (Å²) in [4.78, 5) is 32.3. The summed E-state index contributed by atoms with van der Waals surface area (Å²) in [6, 6.07) is 13.8. The zero-order valence-electron chi connectivity index (χ0n) is 20.5. The van der Waals surface area contributed by atoms with Gasteiger partial charge in [-0.2, -0.15) is 0 Å². The highest BCUT2D eigenvalue weighted by molar-refractivity contribution is 6.05. The first kappa shape index (κ1) is 23.5. The molecule has 186 valence electrons. The van der Waals surface area contributed by atoms with Gasteiger partial charge in [0.05, 0.1) is 18.5 Å². The Morgan fingerprint density at radius 2 is 1.86 bits per heavy atom. The number of amides is 2. The van der Waals surface area contributed by atoms with Crippen molar-refractivity contribution >= 4 is 28.9 Å². The van der Waals surface area contributed by atoms with Crippen molar-refractivity contribution in [3.05, 3.63) is 48.0 Å². The molecule has 35 heavy (non-hydrogen) atoms. The minimum Gasteiger partial charge on any atom is -0.497 e. The zero-order chi connectivity index (χ0) is 24.2. The van der Waals surface area contributed by atoms with E-state index in [1.807, 2.05) is 30.3 Å². The predicted octanol–water partition coefficient (Wildman–Crippen LogP) is 2.95. The van der Waals surface area contributed by atoms with Crippen molar-refractivity contribution in [2.24, 2.45) is 0 Å². The van der Waals surface area contributed by atoms with Gasteiger partial charge in [0.2, 0.25) is 5.91 Å². The molecule has 2 fully saturated rings. The van der Waals surface area contributed by atoms with E-state index in [1.165, 1.54) is 5.69 Å². The van der Waals surface area contributed by atoms with Gasteiger partial charge in [-0.3, -0.25) is 14.5 Å². The van der Waals surface area contributed by atoms with Crippen LogP contribution >= 0.6 is 0 Å². The molecule has 0 bridgehead atoms. The van der Waals surface area contributed by atoms with Crippen LogP contribution in [0.5, 0.6) is 5.75 Å². The lowest BCUT2D eigenvalue weighted by Crippen LogP contribution is -2.50. The van der Waals surface area contributed by atoms with Crippen molar-refractivity contribution < 1.29 is 14.3 Å². The van der Waals surface area contributed by atoms with Crippen LogP contribution in [0.25, 0.3) is 0 Å². The molecule has 2 N–H and O–H groups in total. The van der Waals surface area contributed by atoms with Gasteiger partial charge in [-0.25, -0.2) is 0 Å². The zero-order valence-corrected chi connectivity index (χ0v) is 20.5. The number of hydrogen-bond acceptors (Lipinski definition) is 6. The van der Waals surface area contributed by atoms with Gasteiger partial charge < -0.3 is 25.2 Å². The number of fused-ring (bicyclic) bond motifs is 3. The molecule has 0 unspecified atom stereocenters.